The maximum Gasteiger partial charge on any atom is 0.00954 e. The SMILES string of the molecule is C[C@H]1CC[C@@H](N2CCCC2)CC1. The average Bonchev–Trinajstić information content (AvgIpc) is 2.58. The standard InChI is InChI=1S/C11H21N/c1-10-4-6-11(7-5-10)12-8-2-3-9-12/h10-11H,2-9H2,1H3/t10-,11+. The number of likely N-dealkylation sites (tertiary alicyclic amines) is 1. The van der Waals surface area contributed by atoms with Crippen LogP contribution in [0.1, 0.15) is 45.4 Å². The highest BCUT2D eigenvalue weighted by atomic mass is 15.2. The normalized spacial score (nSPS) is 38.8. The third-order valence-electron chi connectivity index (χ3n) is 3.64. The Labute approximate surface area is 76.1 Å². The summed E-state index contributed by atoms with van der Waals surface area (Å²) in [5.41, 5.74) is 0. The van der Waals surface area contributed by atoms with Crippen molar-refractivity contribution < 1.29 is 0 Å². The molecule has 1 heteroatoms. The van der Waals surface area contributed by atoms with Crippen molar-refractivity contribution in [1.29, 1.82) is 0 Å². The van der Waals surface area contributed by atoms with Crippen molar-refractivity contribution in [2.24, 2.45) is 5.92 Å². The first-order valence-corrected chi connectivity index (χ1v) is 5.60. The molecule has 2 rings (SSSR count). The van der Waals surface area contributed by atoms with Gasteiger partial charge in [-0.25, -0.2) is 0 Å². The zero-order chi connectivity index (χ0) is 8.39. The molecule has 0 aromatic heterocycles. The van der Waals surface area contributed by atoms with Gasteiger partial charge < -0.3 is 4.90 Å². The molecule has 0 N–H and O–H groups in total. The quantitative estimate of drug-likeness (QED) is 0.580. The lowest BCUT2D eigenvalue weighted by Crippen LogP contribution is -2.35. The van der Waals surface area contributed by atoms with E-state index in [0.29, 0.717) is 0 Å². The first-order chi connectivity index (χ1) is 5.86. The highest BCUT2D eigenvalue weighted by Gasteiger charge is 2.25. The Morgan fingerprint density at radius 3 is 2.08 bits per heavy atom. The summed E-state index contributed by atoms with van der Waals surface area (Å²) in [7, 11) is 0. The predicted octanol–water partition coefficient (Wildman–Crippen LogP) is 2.66. The molecule has 1 aliphatic heterocycles. The fourth-order valence-electron chi connectivity index (χ4n) is 2.71. The van der Waals surface area contributed by atoms with Gasteiger partial charge in [-0.1, -0.05) is 6.92 Å². The molecule has 0 spiro atoms. The molecule has 0 bridgehead atoms. The summed E-state index contributed by atoms with van der Waals surface area (Å²) in [5.74, 6) is 1.00. The number of hydrogen-bond acceptors (Lipinski definition) is 1. The lowest BCUT2D eigenvalue weighted by molar-refractivity contribution is 0.169. The van der Waals surface area contributed by atoms with Crippen LogP contribution in [-0.2, 0) is 0 Å². The summed E-state index contributed by atoms with van der Waals surface area (Å²) < 4.78 is 0. The lowest BCUT2D eigenvalue weighted by Gasteiger charge is -2.33. The smallest absolute Gasteiger partial charge is 0.00954 e. The van der Waals surface area contributed by atoms with Crippen LogP contribution in [0.4, 0.5) is 0 Å². The van der Waals surface area contributed by atoms with E-state index in [4.69, 9.17) is 0 Å². The number of hydrogen-bond donors (Lipinski definition) is 0. The fourth-order valence-corrected chi connectivity index (χ4v) is 2.71. The summed E-state index contributed by atoms with van der Waals surface area (Å²) in [6, 6.07) is 0.962. The van der Waals surface area contributed by atoms with Crippen LogP contribution in [0.2, 0.25) is 0 Å². The predicted molar refractivity (Wildman–Crippen MR) is 52.2 cm³/mol. The molecule has 1 nitrogen and oxygen atoms in total. The van der Waals surface area contributed by atoms with Gasteiger partial charge in [0.25, 0.3) is 0 Å². The third-order valence-corrected chi connectivity index (χ3v) is 3.64. The van der Waals surface area contributed by atoms with Crippen LogP contribution in [0.15, 0.2) is 0 Å². The maximum absolute atomic E-state index is 2.73. The van der Waals surface area contributed by atoms with E-state index in [1.807, 2.05) is 0 Å². The van der Waals surface area contributed by atoms with E-state index in [-0.39, 0.29) is 0 Å². The van der Waals surface area contributed by atoms with Gasteiger partial charge in [-0.3, -0.25) is 0 Å². The molecule has 2 aliphatic rings. The zero-order valence-electron chi connectivity index (χ0n) is 8.26. The van der Waals surface area contributed by atoms with E-state index in [2.05, 4.69) is 11.8 Å². The molecule has 1 heterocycles. The van der Waals surface area contributed by atoms with Gasteiger partial charge in [0.15, 0.2) is 0 Å². The number of nitrogens with zero attached hydrogens (tertiary/aromatic N) is 1. The second-order valence-corrected chi connectivity index (χ2v) is 4.66. The van der Waals surface area contributed by atoms with Crippen LogP contribution in [0.3, 0.4) is 0 Å². The van der Waals surface area contributed by atoms with Crippen LogP contribution in [0.25, 0.3) is 0 Å². The molecule has 0 atom stereocenters. The maximum atomic E-state index is 2.73. The summed E-state index contributed by atoms with van der Waals surface area (Å²) in [6.07, 6.45) is 8.79. The molecule has 70 valence electrons. The molecule has 2 fully saturated rings. The Hall–Kier alpha value is -0.0400. The van der Waals surface area contributed by atoms with Crippen LogP contribution >= 0.6 is 0 Å². The van der Waals surface area contributed by atoms with Gasteiger partial charge >= 0.3 is 0 Å². The molecule has 0 aromatic carbocycles. The molecular weight excluding hydrogens is 146 g/mol. The van der Waals surface area contributed by atoms with Crippen molar-refractivity contribution in [2.45, 2.75) is 51.5 Å². The van der Waals surface area contributed by atoms with Gasteiger partial charge in [-0.15, -0.1) is 0 Å². The Balaban J connectivity index is 1.80. The summed E-state index contributed by atoms with van der Waals surface area (Å²) in [4.78, 5) is 2.73. The zero-order valence-corrected chi connectivity index (χ0v) is 8.26. The topological polar surface area (TPSA) is 3.24 Å². The fraction of sp³-hybridized carbons (Fsp3) is 1.00. The van der Waals surface area contributed by atoms with Gasteiger partial charge in [0.2, 0.25) is 0 Å². The molecule has 0 amide bonds. The van der Waals surface area contributed by atoms with Crippen molar-refractivity contribution in [2.75, 3.05) is 13.1 Å². The van der Waals surface area contributed by atoms with Crippen LogP contribution in [-0.4, -0.2) is 24.0 Å². The van der Waals surface area contributed by atoms with Crippen molar-refractivity contribution in [3.8, 4) is 0 Å². The van der Waals surface area contributed by atoms with Crippen LogP contribution < -0.4 is 0 Å². The van der Waals surface area contributed by atoms with E-state index >= 15 is 0 Å². The first-order valence-electron chi connectivity index (χ1n) is 5.60. The van der Waals surface area contributed by atoms with Crippen LogP contribution in [0.5, 0.6) is 0 Å². The van der Waals surface area contributed by atoms with Gasteiger partial charge in [-0.2, -0.15) is 0 Å². The molecule has 0 unspecified atom stereocenters. The lowest BCUT2D eigenvalue weighted by atomic mass is 9.87. The van der Waals surface area contributed by atoms with Gasteiger partial charge in [0.1, 0.15) is 0 Å². The van der Waals surface area contributed by atoms with Crippen molar-refractivity contribution in [3.63, 3.8) is 0 Å². The van der Waals surface area contributed by atoms with Gasteiger partial charge in [0, 0.05) is 6.04 Å². The van der Waals surface area contributed by atoms with Gasteiger partial charge in [0.05, 0.1) is 0 Å². The molecule has 12 heavy (non-hydrogen) atoms. The second-order valence-electron chi connectivity index (χ2n) is 4.66. The molecular formula is C11H21N. The minimum absolute atomic E-state index is 0.962. The highest BCUT2D eigenvalue weighted by Crippen LogP contribution is 2.28. The average molecular weight is 167 g/mol. The Morgan fingerprint density at radius 2 is 1.50 bits per heavy atom. The summed E-state index contributed by atoms with van der Waals surface area (Å²) >= 11 is 0. The Bertz CT molecular complexity index is 130. The minimum Gasteiger partial charge on any atom is -0.300 e. The largest absolute Gasteiger partial charge is 0.300 e. The van der Waals surface area contributed by atoms with E-state index < -0.39 is 0 Å². The van der Waals surface area contributed by atoms with Crippen molar-refractivity contribution >= 4 is 0 Å². The molecule has 1 aliphatic carbocycles. The van der Waals surface area contributed by atoms with Crippen LogP contribution in [0, 0.1) is 5.92 Å². The Kier molecular flexibility index (Phi) is 2.69. The highest BCUT2D eigenvalue weighted by molar-refractivity contribution is 4.80. The minimum atomic E-state index is 0.962. The Morgan fingerprint density at radius 1 is 0.917 bits per heavy atom. The van der Waals surface area contributed by atoms with E-state index in [1.165, 1.54) is 51.6 Å². The molecule has 1 saturated carbocycles. The summed E-state index contributed by atoms with van der Waals surface area (Å²) in [6.45, 7) is 5.18. The third kappa shape index (κ3) is 1.82. The van der Waals surface area contributed by atoms with E-state index in [9.17, 15) is 0 Å². The monoisotopic (exact) mass is 167 g/mol. The van der Waals surface area contributed by atoms with E-state index in [1.54, 1.807) is 0 Å². The summed E-state index contributed by atoms with van der Waals surface area (Å²) in [5, 5.41) is 0. The molecule has 0 radical (unpaired) electrons. The molecule has 1 saturated heterocycles. The van der Waals surface area contributed by atoms with Crippen molar-refractivity contribution in [1.82, 2.24) is 4.90 Å². The van der Waals surface area contributed by atoms with E-state index in [0.717, 1.165) is 12.0 Å². The molecule has 0 aromatic rings. The van der Waals surface area contributed by atoms with Gasteiger partial charge in [-0.05, 0) is 57.5 Å². The van der Waals surface area contributed by atoms with Crippen molar-refractivity contribution in [3.05, 3.63) is 0 Å². The number of rotatable bonds is 1. The second kappa shape index (κ2) is 3.78. The first kappa shape index (κ1) is 8.55.